The van der Waals surface area contributed by atoms with Gasteiger partial charge in [0.05, 0.1) is 11.6 Å². The Bertz CT molecular complexity index is 863. The molecule has 0 radical (unpaired) electrons. The normalized spacial score (nSPS) is 12.0. The van der Waals surface area contributed by atoms with Crippen molar-refractivity contribution in [3.63, 3.8) is 0 Å². The molecule has 1 aliphatic heterocycles. The number of hydrogen-bond acceptors (Lipinski definition) is 4. The number of rotatable bonds is 5. The van der Waals surface area contributed by atoms with Gasteiger partial charge in [0.1, 0.15) is 11.5 Å². The minimum atomic E-state index is 0. The average molecular weight is 377 g/mol. The van der Waals surface area contributed by atoms with E-state index < -0.39 is 0 Å². The Morgan fingerprint density at radius 2 is 1.76 bits per heavy atom. The Morgan fingerprint density at radius 3 is 2.64 bits per heavy atom. The first-order chi connectivity index (χ1) is 11.8. The van der Waals surface area contributed by atoms with Gasteiger partial charge >= 0.3 is 0 Å². The molecule has 0 unspecified atom stereocenters. The van der Waals surface area contributed by atoms with Gasteiger partial charge < -0.3 is 31.6 Å². The molecule has 0 spiro atoms. The molecule has 130 valence electrons. The van der Waals surface area contributed by atoms with Gasteiger partial charge in [0.2, 0.25) is 6.79 Å². The molecule has 6 heteroatoms. The van der Waals surface area contributed by atoms with E-state index in [1.165, 1.54) is 0 Å². The summed E-state index contributed by atoms with van der Waals surface area (Å²) in [6.07, 6.45) is 0. The minimum Gasteiger partial charge on any atom is -1.00 e. The quantitative estimate of drug-likeness (QED) is 0.734. The summed E-state index contributed by atoms with van der Waals surface area (Å²) in [5, 5.41) is 4.05. The fourth-order valence-electron chi connectivity index (χ4n) is 2.66. The number of ether oxygens (including phenoxy) is 2. The maximum atomic E-state index is 6.20. The molecule has 2 aromatic carbocycles. The molecular formula is C19H16Cl2NO3-. The highest BCUT2D eigenvalue weighted by Gasteiger charge is 2.13. The lowest BCUT2D eigenvalue weighted by molar-refractivity contribution is -0.00000681. The lowest BCUT2D eigenvalue weighted by Crippen LogP contribution is -3.00. The maximum absolute atomic E-state index is 6.20. The summed E-state index contributed by atoms with van der Waals surface area (Å²) >= 11 is 6.20. The summed E-state index contributed by atoms with van der Waals surface area (Å²) in [5.41, 5.74) is 2.04. The lowest BCUT2D eigenvalue weighted by Gasteiger charge is -2.05. The fraction of sp³-hybridized carbons (Fsp3) is 0.158. The van der Waals surface area contributed by atoms with Crippen LogP contribution in [-0.4, -0.2) is 6.79 Å². The molecule has 4 rings (SSSR count). The van der Waals surface area contributed by atoms with Crippen LogP contribution in [0.25, 0.3) is 11.3 Å². The van der Waals surface area contributed by atoms with E-state index in [-0.39, 0.29) is 12.4 Å². The fourth-order valence-corrected chi connectivity index (χ4v) is 2.89. The number of furan rings is 1. The number of nitrogens with one attached hydrogen (secondary N) is 1. The van der Waals surface area contributed by atoms with Crippen molar-refractivity contribution in [1.82, 2.24) is 5.32 Å². The Kier molecular flexibility index (Phi) is 5.53. The van der Waals surface area contributed by atoms with Crippen molar-refractivity contribution in [3.8, 4) is 22.8 Å². The third-order valence-corrected chi connectivity index (χ3v) is 4.20. The maximum Gasteiger partial charge on any atom is 0.231 e. The molecule has 0 bridgehead atoms. The largest absolute Gasteiger partial charge is 1.00 e. The predicted octanol–water partition coefficient (Wildman–Crippen LogP) is 1.62. The molecule has 1 aromatic heterocycles. The first-order valence-electron chi connectivity index (χ1n) is 7.72. The summed E-state index contributed by atoms with van der Waals surface area (Å²) in [5.74, 6) is 3.24. The van der Waals surface area contributed by atoms with Crippen LogP contribution in [0.2, 0.25) is 5.02 Å². The Hall–Kier alpha value is -2.14. The standard InChI is InChI=1S/C19H16ClNO3.ClH/c20-16-4-2-1-3-15(16)17-8-6-14(24-17)11-21-10-13-5-7-18-19(9-13)23-12-22-18;/h1-9,21H,10-12H2;1H/p-1. The summed E-state index contributed by atoms with van der Waals surface area (Å²) in [6, 6.07) is 17.5. The first kappa shape index (κ1) is 17.7. The smallest absolute Gasteiger partial charge is 0.231 e. The SMILES string of the molecule is Clc1ccccc1-c1ccc(CNCc2ccc3c(c2)OCO3)o1.[Cl-]. The van der Waals surface area contributed by atoms with Gasteiger partial charge in [0.15, 0.2) is 11.5 Å². The van der Waals surface area contributed by atoms with E-state index in [2.05, 4.69) is 5.32 Å². The van der Waals surface area contributed by atoms with E-state index in [0.29, 0.717) is 18.4 Å². The second-order valence-electron chi connectivity index (χ2n) is 5.54. The van der Waals surface area contributed by atoms with E-state index in [0.717, 1.165) is 40.7 Å². The van der Waals surface area contributed by atoms with Crippen molar-refractivity contribution >= 4 is 11.6 Å². The van der Waals surface area contributed by atoms with Crippen molar-refractivity contribution in [1.29, 1.82) is 0 Å². The zero-order valence-electron chi connectivity index (χ0n) is 13.3. The molecule has 1 N–H and O–H groups in total. The van der Waals surface area contributed by atoms with Crippen LogP contribution < -0.4 is 27.2 Å². The van der Waals surface area contributed by atoms with E-state index >= 15 is 0 Å². The highest BCUT2D eigenvalue weighted by molar-refractivity contribution is 6.33. The van der Waals surface area contributed by atoms with Crippen molar-refractivity contribution in [2.24, 2.45) is 0 Å². The van der Waals surface area contributed by atoms with E-state index in [1.807, 2.05) is 54.6 Å². The first-order valence-corrected chi connectivity index (χ1v) is 8.10. The molecule has 1 aliphatic rings. The Balaban J connectivity index is 0.00000182. The van der Waals surface area contributed by atoms with Crippen LogP contribution in [0.4, 0.5) is 0 Å². The highest BCUT2D eigenvalue weighted by Crippen LogP contribution is 2.32. The molecule has 0 atom stereocenters. The van der Waals surface area contributed by atoms with Gasteiger partial charge in [-0.15, -0.1) is 0 Å². The molecule has 3 aromatic rings. The Labute approximate surface area is 157 Å². The summed E-state index contributed by atoms with van der Waals surface area (Å²) < 4.78 is 16.6. The van der Waals surface area contributed by atoms with E-state index in [9.17, 15) is 0 Å². The van der Waals surface area contributed by atoms with Crippen LogP contribution in [0.1, 0.15) is 11.3 Å². The van der Waals surface area contributed by atoms with Gasteiger partial charge in [-0.25, -0.2) is 0 Å². The summed E-state index contributed by atoms with van der Waals surface area (Å²) in [7, 11) is 0. The molecular weight excluding hydrogens is 361 g/mol. The number of halogens is 2. The van der Waals surface area contributed by atoms with Crippen LogP contribution in [0.3, 0.4) is 0 Å². The van der Waals surface area contributed by atoms with E-state index in [1.54, 1.807) is 0 Å². The molecule has 25 heavy (non-hydrogen) atoms. The van der Waals surface area contributed by atoms with Crippen molar-refractivity contribution in [3.05, 3.63) is 70.9 Å². The van der Waals surface area contributed by atoms with Gasteiger partial charge in [-0.1, -0.05) is 29.8 Å². The number of hydrogen-bond donors (Lipinski definition) is 1. The molecule has 4 nitrogen and oxygen atoms in total. The zero-order valence-corrected chi connectivity index (χ0v) is 14.8. The van der Waals surface area contributed by atoms with Gasteiger partial charge in [0, 0.05) is 12.1 Å². The summed E-state index contributed by atoms with van der Waals surface area (Å²) in [4.78, 5) is 0. The van der Waals surface area contributed by atoms with Crippen LogP contribution in [0.15, 0.2) is 59.0 Å². The van der Waals surface area contributed by atoms with Gasteiger partial charge in [-0.05, 0) is 42.0 Å². The van der Waals surface area contributed by atoms with Crippen LogP contribution in [0.5, 0.6) is 11.5 Å². The van der Waals surface area contributed by atoms with Gasteiger partial charge in [-0.2, -0.15) is 0 Å². The molecule has 0 aliphatic carbocycles. The third kappa shape index (κ3) is 3.93. The average Bonchev–Trinajstić information content (AvgIpc) is 3.24. The van der Waals surface area contributed by atoms with E-state index in [4.69, 9.17) is 25.5 Å². The minimum absolute atomic E-state index is 0. The zero-order chi connectivity index (χ0) is 16.4. The lowest BCUT2D eigenvalue weighted by atomic mass is 10.2. The van der Waals surface area contributed by atoms with Gasteiger partial charge in [0.25, 0.3) is 0 Å². The second-order valence-corrected chi connectivity index (χ2v) is 5.94. The van der Waals surface area contributed by atoms with Crippen LogP contribution in [-0.2, 0) is 13.1 Å². The monoisotopic (exact) mass is 376 g/mol. The molecule has 2 heterocycles. The number of benzene rings is 2. The third-order valence-electron chi connectivity index (χ3n) is 3.87. The Morgan fingerprint density at radius 1 is 0.920 bits per heavy atom. The number of fused-ring (bicyclic) bond motifs is 1. The second kappa shape index (κ2) is 7.83. The van der Waals surface area contributed by atoms with Crippen molar-refractivity contribution in [2.45, 2.75) is 13.1 Å². The molecule has 0 saturated carbocycles. The van der Waals surface area contributed by atoms with Gasteiger partial charge in [-0.3, -0.25) is 0 Å². The van der Waals surface area contributed by atoms with Crippen molar-refractivity contribution in [2.75, 3.05) is 6.79 Å². The topological polar surface area (TPSA) is 43.6 Å². The van der Waals surface area contributed by atoms with Crippen LogP contribution >= 0.6 is 11.6 Å². The molecule has 0 saturated heterocycles. The predicted molar refractivity (Wildman–Crippen MR) is 92.3 cm³/mol. The van der Waals surface area contributed by atoms with Crippen molar-refractivity contribution < 1.29 is 26.3 Å². The van der Waals surface area contributed by atoms with Crippen LogP contribution in [0, 0.1) is 0 Å². The molecule has 0 fully saturated rings. The summed E-state index contributed by atoms with van der Waals surface area (Å²) in [6.45, 7) is 1.65. The molecule has 0 amide bonds. The highest BCUT2D eigenvalue weighted by atomic mass is 35.5.